The van der Waals surface area contributed by atoms with Crippen molar-refractivity contribution in [1.29, 1.82) is 5.26 Å². The number of fused-ring (bicyclic) bond motifs is 6. The fourth-order valence-electron chi connectivity index (χ4n) is 7.26. The molecule has 18 heteroatoms. The maximum absolute atomic E-state index is 15.3. The highest BCUT2D eigenvalue weighted by molar-refractivity contribution is 5.93. The second-order valence-electron chi connectivity index (χ2n) is 12.9. The molecule has 4 aromatic heterocycles. The average Bonchev–Trinajstić information content (AvgIpc) is 3.84. The van der Waals surface area contributed by atoms with Crippen LogP contribution in [0.3, 0.4) is 0 Å². The summed E-state index contributed by atoms with van der Waals surface area (Å²) < 4.78 is 65.5. The summed E-state index contributed by atoms with van der Waals surface area (Å²) in [7, 11) is 1.69. The highest BCUT2D eigenvalue weighted by atomic mass is 19.1. The van der Waals surface area contributed by atoms with Crippen molar-refractivity contribution in [2.24, 2.45) is 0 Å². The van der Waals surface area contributed by atoms with Crippen LogP contribution in [0.2, 0.25) is 0 Å². The third-order valence-electron chi connectivity index (χ3n) is 9.48. The van der Waals surface area contributed by atoms with Crippen LogP contribution >= 0.6 is 0 Å². The average molecular weight is 740 g/mol. The number of anilines is 1. The van der Waals surface area contributed by atoms with Crippen LogP contribution in [0.5, 0.6) is 11.8 Å². The van der Waals surface area contributed by atoms with Crippen LogP contribution in [-0.2, 0) is 16.1 Å². The molecule has 4 bridgehead atoms. The number of hydrogen-bond donors (Lipinski definition) is 0. The largest absolute Gasteiger partial charge is 0.476 e. The molecule has 0 radical (unpaired) electrons. The number of rotatable bonds is 6. The monoisotopic (exact) mass is 739 g/mol. The minimum atomic E-state index is -0.992. The summed E-state index contributed by atoms with van der Waals surface area (Å²) in [6.07, 6.45) is 3.31. The van der Waals surface area contributed by atoms with E-state index < -0.39 is 42.3 Å². The normalized spacial score (nSPS) is 18.8. The Morgan fingerprint density at radius 1 is 1.06 bits per heavy atom. The van der Waals surface area contributed by atoms with E-state index in [-0.39, 0.29) is 48.5 Å². The smallest absolute Gasteiger partial charge is 0.317 e. The number of imidazole rings is 1. The van der Waals surface area contributed by atoms with Gasteiger partial charge >= 0.3 is 6.01 Å². The van der Waals surface area contributed by atoms with Crippen molar-refractivity contribution < 1.29 is 32.2 Å². The molecule has 54 heavy (non-hydrogen) atoms. The Morgan fingerprint density at radius 2 is 1.89 bits per heavy atom. The van der Waals surface area contributed by atoms with Gasteiger partial charge < -0.3 is 28.6 Å². The summed E-state index contributed by atoms with van der Waals surface area (Å²) in [6, 6.07) is 7.09. The second kappa shape index (κ2) is 13.9. The molecule has 0 N–H and O–H groups in total. The van der Waals surface area contributed by atoms with Gasteiger partial charge in [0.2, 0.25) is 5.91 Å². The van der Waals surface area contributed by atoms with Gasteiger partial charge in [-0.25, -0.2) is 37.8 Å². The van der Waals surface area contributed by atoms with Gasteiger partial charge in [0, 0.05) is 56.6 Å². The summed E-state index contributed by atoms with van der Waals surface area (Å²) in [5.41, 5.74) is 1.92. The number of amides is 1. The lowest BCUT2D eigenvalue weighted by Gasteiger charge is -2.31. The van der Waals surface area contributed by atoms with E-state index in [1.807, 2.05) is 18.4 Å². The molecule has 0 spiro atoms. The predicted octanol–water partition coefficient (Wildman–Crippen LogP) is 4.15. The van der Waals surface area contributed by atoms with Crippen LogP contribution in [0.1, 0.15) is 19.2 Å². The molecule has 2 aromatic carbocycles. The third-order valence-corrected chi connectivity index (χ3v) is 9.48. The Kier molecular flexibility index (Phi) is 8.93. The molecule has 2 aliphatic heterocycles. The van der Waals surface area contributed by atoms with Crippen molar-refractivity contribution in [2.45, 2.75) is 45.1 Å². The van der Waals surface area contributed by atoms with Crippen molar-refractivity contribution >= 4 is 33.8 Å². The Bertz CT molecular complexity index is 2470. The number of hydrogen-bond acceptors (Lipinski definition) is 12. The van der Waals surface area contributed by atoms with Gasteiger partial charge in [-0.3, -0.25) is 4.79 Å². The van der Waals surface area contributed by atoms with Crippen LogP contribution in [0, 0.1) is 35.7 Å². The third kappa shape index (κ3) is 6.15. The van der Waals surface area contributed by atoms with Crippen molar-refractivity contribution in [3.63, 3.8) is 0 Å². The van der Waals surface area contributed by atoms with Gasteiger partial charge in [0.05, 0.1) is 47.5 Å². The fourth-order valence-corrected chi connectivity index (χ4v) is 7.26. The number of nitriles is 1. The van der Waals surface area contributed by atoms with Gasteiger partial charge in [-0.05, 0) is 26.0 Å². The number of carbonyl (C=O) groups is 1. The van der Waals surface area contributed by atoms with Gasteiger partial charge in [-0.15, -0.1) is 0 Å². The lowest BCUT2D eigenvalue weighted by molar-refractivity contribution is -0.133. The number of halogens is 3. The van der Waals surface area contributed by atoms with E-state index in [9.17, 15) is 9.18 Å². The Hall–Kier alpha value is -6.35. The summed E-state index contributed by atoms with van der Waals surface area (Å²) >= 11 is 0. The number of ether oxygens (including phenoxy) is 3. The summed E-state index contributed by atoms with van der Waals surface area (Å²) in [4.78, 5) is 40.4. The van der Waals surface area contributed by atoms with Gasteiger partial charge in [0.15, 0.2) is 23.8 Å². The van der Waals surface area contributed by atoms with E-state index in [1.165, 1.54) is 30.9 Å². The van der Waals surface area contributed by atoms with E-state index in [0.29, 0.717) is 58.5 Å². The molecular weight excluding hydrogens is 707 g/mol. The van der Waals surface area contributed by atoms with Gasteiger partial charge in [0.1, 0.15) is 53.5 Å². The maximum Gasteiger partial charge on any atom is 0.317 e. The van der Waals surface area contributed by atoms with Crippen LogP contribution in [0.25, 0.3) is 39.0 Å². The number of aryl methyl sites for hydroxylation is 1. The minimum Gasteiger partial charge on any atom is -0.476 e. The molecule has 276 valence electrons. The van der Waals surface area contributed by atoms with E-state index in [1.54, 1.807) is 29.0 Å². The number of carbonyl (C=O) groups excluding carboxylic acids is 1. The van der Waals surface area contributed by atoms with Crippen molar-refractivity contribution in [2.75, 3.05) is 38.3 Å². The number of likely N-dealkylation sites (N-methyl/N-ethyl adjacent to an activating group) is 1. The number of benzene rings is 2. The van der Waals surface area contributed by atoms with Gasteiger partial charge in [-0.1, -0.05) is 0 Å². The molecule has 0 saturated carbocycles. The SMILES string of the molecule is CCO[C@H]1CN(C)C(=O)[C@@H]2C[C@@H](CN2c2ncnc3c2cnn3-c2c(F)cc(F)cc2OCC#N)Oc2nccc(n2)-c2cc(F)cc3nc(C)n(c23)C1. The van der Waals surface area contributed by atoms with Crippen molar-refractivity contribution in [3.8, 4) is 34.8 Å². The van der Waals surface area contributed by atoms with E-state index in [2.05, 4.69) is 30.0 Å². The molecule has 3 atom stereocenters. The summed E-state index contributed by atoms with van der Waals surface area (Å²) in [5, 5.41) is 13.8. The van der Waals surface area contributed by atoms with Crippen LogP contribution in [0.15, 0.2) is 49.1 Å². The zero-order valence-electron chi connectivity index (χ0n) is 29.3. The molecule has 1 fully saturated rings. The molecule has 0 aliphatic carbocycles. The van der Waals surface area contributed by atoms with Gasteiger partial charge in [0.25, 0.3) is 0 Å². The van der Waals surface area contributed by atoms with Crippen molar-refractivity contribution in [3.05, 3.63) is 72.3 Å². The minimum absolute atomic E-state index is 0.0264. The molecule has 6 aromatic rings. The lowest BCUT2D eigenvalue weighted by atomic mass is 10.1. The van der Waals surface area contributed by atoms with Crippen LogP contribution < -0.4 is 14.4 Å². The zero-order valence-corrected chi connectivity index (χ0v) is 29.3. The van der Waals surface area contributed by atoms with Crippen molar-refractivity contribution in [1.82, 2.24) is 44.2 Å². The zero-order chi connectivity index (χ0) is 37.7. The van der Waals surface area contributed by atoms with Crippen LogP contribution in [-0.4, -0.2) is 102 Å². The quantitative estimate of drug-likeness (QED) is 0.240. The molecule has 1 amide bonds. The lowest BCUT2D eigenvalue weighted by Crippen LogP contribution is -2.47. The molecule has 1 saturated heterocycles. The highest BCUT2D eigenvalue weighted by Gasteiger charge is 2.42. The Morgan fingerprint density at radius 3 is 2.70 bits per heavy atom. The number of aromatic nitrogens is 8. The van der Waals surface area contributed by atoms with E-state index in [0.717, 1.165) is 10.7 Å². The van der Waals surface area contributed by atoms with Crippen LogP contribution in [0.4, 0.5) is 19.0 Å². The second-order valence-corrected chi connectivity index (χ2v) is 12.9. The molecule has 0 unspecified atom stereocenters. The molecular formula is C36H32F3N11O4. The Labute approximate surface area is 305 Å². The summed E-state index contributed by atoms with van der Waals surface area (Å²) in [6.45, 7) is 4.28. The molecule has 15 nitrogen and oxygen atoms in total. The first-order valence-corrected chi connectivity index (χ1v) is 17.1. The topological polar surface area (TPSA) is 162 Å². The molecule has 2 aliphatic rings. The predicted molar refractivity (Wildman–Crippen MR) is 186 cm³/mol. The Balaban J connectivity index is 1.22. The number of nitrogens with zero attached hydrogens (tertiary/aromatic N) is 11. The standard InChI is InChI=1S/C36H32F3N11O4/c1-4-52-23-15-47(3)35(51)29-13-22(54-36-41-7-5-27(46-36)24-9-20(37)11-28-31(24)48(17-23)19(2)45-28)16-49(29)33-25-14-44-50(34(25)43-18-42-33)32-26(39)10-21(38)12-30(32)53-8-6-40/h5,7,9-12,14,18,22-23,29H,4,8,13,15-17H2,1-3H3/t22-,23-,29-/m0/s1. The molecule has 6 heterocycles. The highest BCUT2D eigenvalue weighted by Crippen LogP contribution is 2.36. The van der Waals surface area contributed by atoms with E-state index >= 15 is 8.78 Å². The summed E-state index contributed by atoms with van der Waals surface area (Å²) in [5.74, 6) is -1.93. The van der Waals surface area contributed by atoms with Gasteiger partial charge in [-0.2, -0.15) is 15.3 Å². The first kappa shape index (κ1) is 34.7. The van der Waals surface area contributed by atoms with E-state index in [4.69, 9.17) is 19.5 Å². The maximum atomic E-state index is 15.3. The molecule has 8 rings (SSSR count). The fraction of sp³-hybridized carbons (Fsp3) is 0.333. The first-order chi connectivity index (χ1) is 26.1. The first-order valence-electron chi connectivity index (χ1n) is 17.1.